The van der Waals surface area contributed by atoms with Gasteiger partial charge >= 0.3 is 0 Å². The molecule has 0 bridgehead atoms. The molecule has 0 fully saturated rings. The number of nitrogens with one attached hydrogen (secondary N) is 1. The third kappa shape index (κ3) is 6.92. The molecule has 3 heteroatoms. The van der Waals surface area contributed by atoms with Crippen LogP contribution in [0.25, 0.3) is 0 Å². The van der Waals surface area contributed by atoms with Crippen LogP contribution in [-0.2, 0) is 6.54 Å². The van der Waals surface area contributed by atoms with E-state index in [1.54, 1.807) is 0 Å². The van der Waals surface area contributed by atoms with Crippen LogP contribution in [0.2, 0.25) is 0 Å². The molecule has 1 unspecified atom stereocenters. The Morgan fingerprint density at radius 2 is 1.95 bits per heavy atom. The zero-order chi connectivity index (χ0) is 15.2. The quantitative estimate of drug-likeness (QED) is 0.766. The van der Waals surface area contributed by atoms with E-state index in [2.05, 4.69) is 31.3 Å². The maximum Gasteiger partial charge on any atom is 0.120 e. The van der Waals surface area contributed by atoms with E-state index < -0.39 is 0 Å². The molecule has 0 saturated heterocycles. The molecule has 3 nitrogen and oxygen atoms in total. The Morgan fingerprint density at radius 1 is 1.25 bits per heavy atom. The molecule has 2 N–H and O–H groups in total. The predicted molar refractivity (Wildman–Crippen MR) is 84.0 cm³/mol. The Morgan fingerprint density at radius 3 is 2.55 bits per heavy atom. The highest BCUT2D eigenvalue weighted by Gasteiger charge is 2.19. The summed E-state index contributed by atoms with van der Waals surface area (Å²) < 4.78 is 5.69. The van der Waals surface area contributed by atoms with Gasteiger partial charge in [-0.3, -0.25) is 0 Å². The van der Waals surface area contributed by atoms with E-state index in [4.69, 9.17) is 4.74 Å². The van der Waals surface area contributed by atoms with E-state index in [0.717, 1.165) is 25.3 Å². The fourth-order valence-corrected chi connectivity index (χ4v) is 2.42. The van der Waals surface area contributed by atoms with Crippen molar-refractivity contribution in [2.24, 2.45) is 5.41 Å². The molecule has 0 aliphatic rings. The summed E-state index contributed by atoms with van der Waals surface area (Å²) in [6.45, 7) is 11.9. The van der Waals surface area contributed by atoms with E-state index >= 15 is 0 Å². The first-order valence-corrected chi connectivity index (χ1v) is 7.43. The standard InChI is InChI=1S/C17H29NO2/c1-13(2)20-16-8-6-7-15(9-16)11-18-12-17(4,5)10-14(3)19/h6-9,13-14,18-19H,10-12H2,1-5H3. The Bertz CT molecular complexity index is 400. The summed E-state index contributed by atoms with van der Waals surface area (Å²) in [6, 6.07) is 8.19. The molecule has 0 heterocycles. The highest BCUT2D eigenvalue weighted by molar-refractivity contribution is 5.28. The molecule has 1 rings (SSSR count). The molecular weight excluding hydrogens is 250 g/mol. The molecule has 0 spiro atoms. The molecule has 0 aliphatic heterocycles. The van der Waals surface area contributed by atoms with Crippen molar-refractivity contribution in [2.75, 3.05) is 6.54 Å². The normalized spacial score (nSPS) is 13.6. The highest BCUT2D eigenvalue weighted by Crippen LogP contribution is 2.21. The fourth-order valence-electron chi connectivity index (χ4n) is 2.42. The molecule has 0 saturated carbocycles. The van der Waals surface area contributed by atoms with Gasteiger partial charge in [-0.15, -0.1) is 0 Å². The van der Waals surface area contributed by atoms with Crippen molar-refractivity contribution in [1.29, 1.82) is 0 Å². The zero-order valence-corrected chi connectivity index (χ0v) is 13.4. The minimum absolute atomic E-state index is 0.0974. The van der Waals surface area contributed by atoms with E-state index in [0.29, 0.717) is 0 Å². The van der Waals surface area contributed by atoms with Gasteiger partial charge in [0.1, 0.15) is 5.75 Å². The largest absolute Gasteiger partial charge is 0.491 e. The van der Waals surface area contributed by atoms with Crippen LogP contribution in [0.4, 0.5) is 0 Å². The van der Waals surface area contributed by atoms with Gasteiger partial charge in [0.15, 0.2) is 0 Å². The summed E-state index contributed by atoms with van der Waals surface area (Å²) in [6.07, 6.45) is 0.744. The Hall–Kier alpha value is -1.06. The SMILES string of the molecule is CC(O)CC(C)(C)CNCc1cccc(OC(C)C)c1. The van der Waals surface area contributed by atoms with Gasteiger partial charge in [0.05, 0.1) is 12.2 Å². The lowest BCUT2D eigenvalue weighted by Crippen LogP contribution is -2.31. The third-order valence-electron chi connectivity index (χ3n) is 3.05. The summed E-state index contributed by atoms with van der Waals surface area (Å²) in [5, 5.41) is 12.9. The number of ether oxygens (including phenoxy) is 1. The number of benzene rings is 1. The smallest absolute Gasteiger partial charge is 0.120 e. The van der Waals surface area contributed by atoms with Gasteiger partial charge in [0.25, 0.3) is 0 Å². The maximum absolute atomic E-state index is 9.48. The molecule has 1 aromatic rings. The van der Waals surface area contributed by atoms with Crippen molar-refractivity contribution in [1.82, 2.24) is 5.32 Å². The summed E-state index contributed by atoms with van der Waals surface area (Å²) in [5.41, 5.74) is 1.32. The number of aliphatic hydroxyl groups excluding tert-OH is 1. The number of aliphatic hydroxyl groups is 1. The molecule has 114 valence electrons. The summed E-state index contributed by atoms with van der Waals surface area (Å²) in [7, 11) is 0. The second kappa shape index (κ2) is 7.65. The van der Waals surface area contributed by atoms with Crippen molar-refractivity contribution >= 4 is 0 Å². The minimum Gasteiger partial charge on any atom is -0.491 e. The lowest BCUT2D eigenvalue weighted by atomic mass is 9.87. The van der Waals surface area contributed by atoms with Gasteiger partial charge in [0.2, 0.25) is 0 Å². The monoisotopic (exact) mass is 279 g/mol. The van der Waals surface area contributed by atoms with Gasteiger partial charge in [-0.05, 0) is 50.3 Å². The van der Waals surface area contributed by atoms with Gasteiger partial charge in [-0.2, -0.15) is 0 Å². The topological polar surface area (TPSA) is 41.5 Å². The molecule has 0 amide bonds. The van der Waals surface area contributed by atoms with Crippen LogP contribution >= 0.6 is 0 Å². The van der Waals surface area contributed by atoms with Gasteiger partial charge in [-0.25, -0.2) is 0 Å². The molecule has 1 aromatic carbocycles. The van der Waals surface area contributed by atoms with Crippen molar-refractivity contribution in [3.05, 3.63) is 29.8 Å². The van der Waals surface area contributed by atoms with Crippen LogP contribution in [0.3, 0.4) is 0 Å². The molecule has 20 heavy (non-hydrogen) atoms. The second-order valence-corrected chi connectivity index (χ2v) is 6.63. The summed E-state index contributed by atoms with van der Waals surface area (Å²) >= 11 is 0. The number of hydrogen-bond donors (Lipinski definition) is 2. The first kappa shape index (κ1) is 17.0. The fraction of sp³-hybridized carbons (Fsp3) is 0.647. The number of hydrogen-bond acceptors (Lipinski definition) is 3. The lowest BCUT2D eigenvalue weighted by molar-refractivity contribution is 0.128. The van der Waals surface area contributed by atoms with Gasteiger partial charge in [-0.1, -0.05) is 26.0 Å². The van der Waals surface area contributed by atoms with E-state index in [-0.39, 0.29) is 17.6 Å². The maximum atomic E-state index is 9.48. The molecule has 0 radical (unpaired) electrons. The average Bonchev–Trinajstić information content (AvgIpc) is 2.26. The van der Waals surface area contributed by atoms with Crippen molar-refractivity contribution < 1.29 is 9.84 Å². The average molecular weight is 279 g/mol. The second-order valence-electron chi connectivity index (χ2n) is 6.63. The van der Waals surface area contributed by atoms with Crippen molar-refractivity contribution in [2.45, 2.75) is 59.8 Å². The Labute approximate surface area is 123 Å². The first-order chi connectivity index (χ1) is 9.28. The summed E-state index contributed by atoms with van der Waals surface area (Å²) in [4.78, 5) is 0. The molecule has 0 aromatic heterocycles. The van der Waals surface area contributed by atoms with Gasteiger partial charge < -0.3 is 15.2 Å². The van der Waals surface area contributed by atoms with Crippen LogP contribution in [-0.4, -0.2) is 23.9 Å². The van der Waals surface area contributed by atoms with Gasteiger partial charge in [0, 0.05) is 13.1 Å². The zero-order valence-electron chi connectivity index (χ0n) is 13.4. The van der Waals surface area contributed by atoms with Crippen LogP contribution in [0.1, 0.15) is 46.6 Å². The van der Waals surface area contributed by atoms with E-state index in [1.165, 1.54) is 5.56 Å². The minimum atomic E-state index is -0.255. The Balaban J connectivity index is 2.45. The highest BCUT2D eigenvalue weighted by atomic mass is 16.5. The third-order valence-corrected chi connectivity index (χ3v) is 3.05. The lowest BCUT2D eigenvalue weighted by Gasteiger charge is -2.26. The van der Waals surface area contributed by atoms with Crippen LogP contribution in [0.15, 0.2) is 24.3 Å². The van der Waals surface area contributed by atoms with Crippen molar-refractivity contribution in [3.8, 4) is 5.75 Å². The van der Waals surface area contributed by atoms with Crippen LogP contribution in [0, 0.1) is 5.41 Å². The number of rotatable bonds is 8. The molecule has 1 atom stereocenters. The molecule has 0 aliphatic carbocycles. The van der Waals surface area contributed by atoms with Crippen molar-refractivity contribution in [3.63, 3.8) is 0 Å². The Kier molecular flexibility index (Phi) is 6.50. The van der Waals surface area contributed by atoms with Crippen LogP contribution < -0.4 is 10.1 Å². The van der Waals surface area contributed by atoms with E-state index in [9.17, 15) is 5.11 Å². The predicted octanol–water partition coefficient (Wildman–Crippen LogP) is 3.36. The first-order valence-electron chi connectivity index (χ1n) is 7.43. The summed E-state index contributed by atoms with van der Waals surface area (Å²) in [5.74, 6) is 0.919. The van der Waals surface area contributed by atoms with Crippen LogP contribution in [0.5, 0.6) is 5.75 Å². The molecular formula is C17H29NO2. The van der Waals surface area contributed by atoms with E-state index in [1.807, 2.05) is 32.9 Å².